The first-order valence-electron chi connectivity index (χ1n) is 17.5. The van der Waals surface area contributed by atoms with E-state index in [0.29, 0.717) is 21.1 Å². The first kappa shape index (κ1) is 45.1. The second-order valence-corrected chi connectivity index (χ2v) is 17.8. The highest BCUT2D eigenvalue weighted by molar-refractivity contribution is 9.10. The van der Waals surface area contributed by atoms with Gasteiger partial charge in [-0.15, -0.1) is 0 Å². The molecule has 0 radical (unpaired) electrons. The van der Waals surface area contributed by atoms with Gasteiger partial charge in [-0.2, -0.15) is 10.0 Å². The van der Waals surface area contributed by atoms with Crippen LogP contribution in [-0.4, -0.2) is 94.5 Å². The fourth-order valence-electron chi connectivity index (χ4n) is 5.40. The monoisotopic (exact) mass is 843 g/mol. The molecule has 55 heavy (non-hydrogen) atoms. The number of carbonyl (C=O) groups excluding carboxylic acids is 4. The minimum absolute atomic E-state index is 0.0773. The summed E-state index contributed by atoms with van der Waals surface area (Å²) in [5.41, 5.74) is -2.62. The van der Waals surface area contributed by atoms with E-state index in [0.717, 1.165) is 27.2 Å². The Kier molecular flexibility index (Phi) is 13.8. The van der Waals surface area contributed by atoms with E-state index in [4.69, 9.17) is 18.9 Å². The molecule has 1 aromatic heterocycles. The van der Waals surface area contributed by atoms with Crippen LogP contribution in [0.5, 0.6) is 0 Å². The fraction of sp³-hybridized carbons (Fsp3) is 0.595. The van der Waals surface area contributed by atoms with Gasteiger partial charge in [0.15, 0.2) is 12.5 Å². The molecular weight excluding hydrogens is 792 g/mol. The van der Waals surface area contributed by atoms with Crippen molar-refractivity contribution in [1.82, 2.24) is 25.0 Å². The van der Waals surface area contributed by atoms with Crippen molar-refractivity contribution in [3.05, 3.63) is 63.9 Å². The fourth-order valence-corrected chi connectivity index (χ4v) is 5.79. The number of amides is 4. The Morgan fingerprint density at radius 2 is 0.909 bits per heavy atom. The molecule has 2 aliphatic heterocycles. The molecule has 2 fully saturated rings. The zero-order valence-corrected chi connectivity index (χ0v) is 34.8. The Balaban J connectivity index is 0.000000296. The van der Waals surface area contributed by atoms with Crippen LogP contribution in [-0.2, 0) is 18.9 Å². The number of hydrazine groups is 2. The zero-order valence-electron chi connectivity index (χ0n) is 33.2. The number of nitrogens with zero attached hydrogens (tertiary/aromatic N) is 5. The molecule has 4 unspecified atom stereocenters. The SMILES string of the molecule is CC(C)(C)OC(=O)N1C(O)CC(c2cc(F)cc(F)c2)N1C(=O)OC(C)(C)C.CC(C)(C)OC(=O)N1C(O)CC(c2cncc(Br)c2)N1C(=O)OC(C)(C)C. The quantitative estimate of drug-likeness (QED) is 0.280. The number of hydrogen-bond donors (Lipinski definition) is 2. The maximum absolute atomic E-state index is 13.7. The maximum Gasteiger partial charge on any atom is 0.431 e. The lowest BCUT2D eigenvalue weighted by Gasteiger charge is -2.35. The average molecular weight is 845 g/mol. The maximum atomic E-state index is 13.7. The third-order valence-electron chi connectivity index (χ3n) is 7.19. The molecule has 3 heterocycles. The predicted octanol–water partition coefficient (Wildman–Crippen LogP) is 8.11. The van der Waals surface area contributed by atoms with Crippen LogP contribution in [0.1, 0.15) is 119 Å². The van der Waals surface area contributed by atoms with Gasteiger partial charge >= 0.3 is 24.4 Å². The normalized spacial score (nSPS) is 20.5. The van der Waals surface area contributed by atoms with Gasteiger partial charge in [0.25, 0.3) is 0 Å². The van der Waals surface area contributed by atoms with E-state index in [1.807, 2.05) is 0 Å². The molecule has 2 aromatic rings. The van der Waals surface area contributed by atoms with Crippen LogP contribution < -0.4 is 0 Å². The number of aromatic nitrogens is 1. The zero-order chi connectivity index (χ0) is 42.0. The number of hydrogen-bond acceptors (Lipinski definition) is 11. The number of rotatable bonds is 2. The summed E-state index contributed by atoms with van der Waals surface area (Å²) >= 11 is 3.35. The Bertz CT molecular complexity index is 1700. The number of ether oxygens (including phenoxy) is 4. The highest BCUT2D eigenvalue weighted by Crippen LogP contribution is 2.40. The lowest BCUT2D eigenvalue weighted by Crippen LogP contribution is -2.51. The van der Waals surface area contributed by atoms with E-state index in [1.165, 1.54) is 0 Å². The Morgan fingerprint density at radius 3 is 1.24 bits per heavy atom. The highest BCUT2D eigenvalue weighted by atomic mass is 79.9. The van der Waals surface area contributed by atoms with Gasteiger partial charge in [0.1, 0.15) is 34.0 Å². The van der Waals surface area contributed by atoms with Crippen molar-refractivity contribution >= 4 is 40.3 Å². The summed E-state index contributed by atoms with van der Waals surface area (Å²) in [5.74, 6) is -1.69. The summed E-state index contributed by atoms with van der Waals surface area (Å²) in [7, 11) is 0. The van der Waals surface area contributed by atoms with Gasteiger partial charge in [0.05, 0.1) is 12.1 Å². The molecule has 0 spiro atoms. The number of aliphatic hydroxyl groups excluding tert-OH is 2. The summed E-state index contributed by atoms with van der Waals surface area (Å²) < 4.78 is 49.6. The van der Waals surface area contributed by atoms with Gasteiger partial charge in [-0.05, 0) is 128 Å². The standard InChI is InChI=1S/C19H26F2N2O5.C18H26BrN3O5/c1-18(2,3)27-16(25)22-14(11-7-12(20)9-13(21)8-11)10-15(24)23(22)17(26)28-19(4,5)6;1-17(2,3)26-15(24)21-13(11-7-12(19)10-20-9-11)8-14(23)22(21)16(25)27-18(4,5)6/h7-9,14-15,24H,10H2,1-6H3;7,9-10,13-14,23H,8H2,1-6H3. The van der Waals surface area contributed by atoms with E-state index in [2.05, 4.69) is 20.9 Å². The highest BCUT2D eigenvalue weighted by Gasteiger charge is 2.50. The number of benzene rings is 1. The topological polar surface area (TPSA) is 172 Å². The van der Waals surface area contributed by atoms with Crippen LogP contribution in [0.2, 0.25) is 0 Å². The molecule has 15 nitrogen and oxygen atoms in total. The van der Waals surface area contributed by atoms with Gasteiger partial charge < -0.3 is 29.2 Å². The van der Waals surface area contributed by atoms with E-state index < -0.39 is 83.0 Å². The lowest BCUT2D eigenvalue weighted by molar-refractivity contribution is -0.0965. The average Bonchev–Trinajstić information content (AvgIpc) is 3.51. The Hall–Kier alpha value is -4.29. The summed E-state index contributed by atoms with van der Waals surface area (Å²) in [4.78, 5) is 55.0. The third-order valence-corrected chi connectivity index (χ3v) is 7.62. The van der Waals surface area contributed by atoms with E-state index in [1.54, 1.807) is 102 Å². The molecular formula is C37H52BrF2N5O10. The second kappa shape index (κ2) is 16.8. The van der Waals surface area contributed by atoms with Crippen molar-refractivity contribution in [3.63, 3.8) is 0 Å². The van der Waals surface area contributed by atoms with Gasteiger partial charge in [-0.1, -0.05) is 0 Å². The van der Waals surface area contributed by atoms with Crippen molar-refractivity contribution < 1.29 is 57.1 Å². The summed E-state index contributed by atoms with van der Waals surface area (Å²) in [6.45, 7) is 20.1. The molecule has 0 saturated carbocycles. The second-order valence-electron chi connectivity index (χ2n) is 16.9. The molecule has 2 aliphatic rings. The summed E-state index contributed by atoms with van der Waals surface area (Å²) in [6, 6.07) is 2.89. The number of halogens is 3. The third kappa shape index (κ3) is 12.9. The molecule has 4 rings (SSSR count). The molecule has 4 amide bonds. The van der Waals surface area contributed by atoms with Crippen molar-refractivity contribution in [2.75, 3.05) is 0 Å². The largest absolute Gasteiger partial charge is 0.442 e. The van der Waals surface area contributed by atoms with E-state index >= 15 is 0 Å². The Morgan fingerprint density at radius 1 is 0.582 bits per heavy atom. The van der Waals surface area contributed by atoms with Crippen molar-refractivity contribution in [2.45, 2.75) is 143 Å². The molecule has 1 aromatic carbocycles. The van der Waals surface area contributed by atoms with Crippen molar-refractivity contribution in [3.8, 4) is 0 Å². The predicted molar refractivity (Wildman–Crippen MR) is 197 cm³/mol. The smallest absolute Gasteiger partial charge is 0.431 e. The van der Waals surface area contributed by atoms with Gasteiger partial charge in [0, 0.05) is 35.8 Å². The number of pyridine rings is 1. The summed E-state index contributed by atoms with van der Waals surface area (Å²) in [6.07, 6.45) is -3.07. The molecule has 2 N–H and O–H groups in total. The van der Waals surface area contributed by atoms with Crippen molar-refractivity contribution in [2.24, 2.45) is 0 Å². The minimum Gasteiger partial charge on any atom is -0.442 e. The first-order chi connectivity index (χ1) is 25.0. The minimum atomic E-state index is -1.45. The van der Waals surface area contributed by atoms with Gasteiger partial charge in [-0.3, -0.25) is 4.98 Å². The molecule has 306 valence electrons. The van der Waals surface area contributed by atoms with Crippen LogP contribution in [0.3, 0.4) is 0 Å². The summed E-state index contributed by atoms with van der Waals surface area (Å²) in [5, 5.41) is 24.5. The van der Waals surface area contributed by atoms with Gasteiger partial charge in [-0.25, -0.2) is 38.0 Å². The molecule has 0 bridgehead atoms. The van der Waals surface area contributed by atoms with Crippen LogP contribution >= 0.6 is 15.9 Å². The van der Waals surface area contributed by atoms with Gasteiger partial charge in [0.2, 0.25) is 0 Å². The molecule has 18 heteroatoms. The molecule has 2 saturated heterocycles. The lowest BCUT2D eigenvalue weighted by atomic mass is 10.0. The van der Waals surface area contributed by atoms with E-state index in [-0.39, 0.29) is 18.4 Å². The van der Waals surface area contributed by atoms with Crippen LogP contribution in [0.25, 0.3) is 0 Å². The first-order valence-corrected chi connectivity index (χ1v) is 18.3. The number of carbonyl (C=O) groups is 4. The van der Waals surface area contributed by atoms with Crippen LogP contribution in [0.4, 0.5) is 28.0 Å². The number of aliphatic hydroxyl groups is 2. The van der Waals surface area contributed by atoms with Crippen molar-refractivity contribution in [1.29, 1.82) is 0 Å². The molecule has 4 atom stereocenters. The van der Waals surface area contributed by atoms with E-state index in [9.17, 15) is 38.2 Å². The van der Waals surface area contributed by atoms with Crippen LogP contribution in [0, 0.1) is 11.6 Å². The Labute approximate surface area is 328 Å². The molecule has 0 aliphatic carbocycles. The van der Waals surface area contributed by atoms with Crippen LogP contribution in [0.15, 0.2) is 41.1 Å².